The van der Waals surface area contributed by atoms with Crippen molar-refractivity contribution in [2.24, 2.45) is 0 Å². The summed E-state index contributed by atoms with van der Waals surface area (Å²) in [5.74, 6) is 0. The lowest BCUT2D eigenvalue weighted by Crippen LogP contribution is -2.05. The summed E-state index contributed by atoms with van der Waals surface area (Å²) in [5, 5.41) is 6.83. The molecule has 0 unspecified atom stereocenters. The molecular formula is C34H23NS. The Kier molecular flexibility index (Phi) is 4.29. The van der Waals surface area contributed by atoms with E-state index in [0.29, 0.717) is 0 Å². The Hall–Kier alpha value is -4.14. The molecule has 36 heavy (non-hydrogen) atoms. The largest absolute Gasteiger partial charge is 0.312 e. The molecule has 0 atom stereocenters. The van der Waals surface area contributed by atoms with E-state index in [-0.39, 0.29) is 0 Å². The number of para-hydroxylation sites is 1. The second-order valence-corrected chi connectivity index (χ2v) is 10.7. The molecule has 1 aliphatic carbocycles. The molecule has 0 radical (unpaired) electrons. The Morgan fingerprint density at radius 3 is 2.00 bits per heavy atom. The first kappa shape index (κ1) is 20.1. The number of nitrogens with zero attached hydrogens (tertiary/aromatic N) is 1. The molecule has 0 fully saturated rings. The zero-order valence-electron chi connectivity index (χ0n) is 19.7. The van der Waals surface area contributed by atoms with Gasteiger partial charge in [-0.3, -0.25) is 0 Å². The molecular weight excluding hydrogens is 454 g/mol. The van der Waals surface area contributed by atoms with Gasteiger partial charge in [-0.1, -0.05) is 91.0 Å². The van der Waals surface area contributed by atoms with Gasteiger partial charge in [0.15, 0.2) is 0 Å². The molecule has 0 spiro atoms. The first-order valence-corrected chi connectivity index (χ1v) is 13.4. The van der Waals surface area contributed by atoms with E-state index in [1.54, 1.807) is 0 Å². The van der Waals surface area contributed by atoms with E-state index >= 15 is 0 Å². The third-order valence-corrected chi connectivity index (χ3v) is 8.87. The Morgan fingerprint density at radius 1 is 0.583 bits per heavy atom. The first-order chi connectivity index (χ1) is 17.9. The normalized spacial score (nSPS) is 13.5. The van der Waals surface area contributed by atoms with Crippen molar-refractivity contribution in [3.63, 3.8) is 0 Å². The van der Waals surface area contributed by atoms with Crippen LogP contribution in [0.5, 0.6) is 0 Å². The third kappa shape index (κ3) is 2.76. The fourth-order valence-electron chi connectivity index (χ4n) is 6.17. The minimum atomic E-state index is 1.03. The molecule has 2 heterocycles. The van der Waals surface area contributed by atoms with Gasteiger partial charge in [0.05, 0.1) is 10.2 Å². The van der Waals surface area contributed by atoms with Crippen molar-refractivity contribution in [2.45, 2.75) is 12.8 Å². The molecule has 1 aliphatic rings. The molecule has 0 amide bonds. The molecule has 2 heteroatoms. The maximum Gasteiger partial charge on any atom is 0.0723 e. The fraction of sp³-hybridized carbons (Fsp3) is 0.0588. The van der Waals surface area contributed by atoms with Crippen molar-refractivity contribution in [3.8, 4) is 5.69 Å². The average molecular weight is 478 g/mol. The lowest BCUT2D eigenvalue weighted by Gasteiger charge is -2.17. The average Bonchev–Trinajstić information content (AvgIpc) is 3.50. The highest BCUT2D eigenvalue weighted by Gasteiger charge is 2.26. The van der Waals surface area contributed by atoms with E-state index in [9.17, 15) is 0 Å². The van der Waals surface area contributed by atoms with Gasteiger partial charge < -0.3 is 4.57 Å². The third-order valence-electron chi connectivity index (χ3n) is 7.70. The van der Waals surface area contributed by atoms with Crippen LogP contribution in [0.1, 0.15) is 23.2 Å². The number of fused-ring (bicyclic) bond motifs is 10. The summed E-state index contributed by atoms with van der Waals surface area (Å²) in [6, 6.07) is 39.7. The summed E-state index contributed by atoms with van der Waals surface area (Å²) in [4.78, 5) is 0. The minimum Gasteiger partial charge on any atom is -0.312 e. The number of allylic oxidation sites excluding steroid dienone is 1. The zero-order chi connectivity index (χ0) is 23.6. The SMILES string of the molecule is C1=C(c2ccccc2)CCc2c1c1c3ccccc3c3c4ccccc4sc3c1n2-c1ccccc1. The molecule has 0 N–H and O–H groups in total. The number of benzene rings is 5. The van der Waals surface area contributed by atoms with Crippen molar-refractivity contribution in [2.75, 3.05) is 0 Å². The molecule has 0 saturated heterocycles. The van der Waals surface area contributed by atoms with Crippen LogP contribution in [-0.2, 0) is 6.42 Å². The molecule has 170 valence electrons. The smallest absolute Gasteiger partial charge is 0.0723 e. The number of thiophene rings is 1. The van der Waals surface area contributed by atoms with Crippen LogP contribution in [0.25, 0.3) is 59.2 Å². The summed E-state index contributed by atoms with van der Waals surface area (Å²) in [6.45, 7) is 0. The second kappa shape index (κ2) is 7.68. The fourth-order valence-corrected chi connectivity index (χ4v) is 7.43. The van der Waals surface area contributed by atoms with E-state index in [1.807, 2.05) is 11.3 Å². The van der Waals surface area contributed by atoms with Crippen molar-refractivity contribution < 1.29 is 0 Å². The summed E-state index contributed by atoms with van der Waals surface area (Å²) < 4.78 is 5.30. The number of hydrogen-bond acceptors (Lipinski definition) is 1. The summed E-state index contributed by atoms with van der Waals surface area (Å²) in [6.07, 6.45) is 4.55. The highest BCUT2D eigenvalue weighted by molar-refractivity contribution is 7.27. The molecule has 1 nitrogen and oxygen atoms in total. The molecule has 8 rings (SSSR count). The lowest BCUT2D eigenvalue weighted by molar-refractivity contribution is 0.899. The summed E-state index contributed by atoms with van der Waals surface area (Å²) >= 11 is 1.93. The Labute approximate surface area is 213 Å². The zero-order valence-corrected chi connectivity index (χ0v) is 20.6. The van der Waals surface area contributed by atoms with Gasteiger partial charge in [-0.05, 0) is 59.0 Å². The minimum absolute atomic E-state index is 1.03. The predicted octanol–water partition coefficient (Wildman–Crippen LogP) is 9.64. The molecule has 0 bridgehead atoms. The Balaban J connectivity index is 1.62. The van der Waals surface area contributed by atoms with E-state index in [2.05, 4.69) is 120 Å². The van der Waals surface area contributed by atoms with Gasteiger partial charge in [0.25, 0.3) is 0 Å². The molecule has 7 aromatic rings. The van der Waals surface area contributed by atoms with Crippen LogP contribution in [0.3, 0.4) is 0 Å². The van der Waals surface area contributed by atoms with Crippen LogP contribution in [0.4, 0.5) is 0 Å². The van der Waals surface area contributed by atoms with Gasteiger partial charge in [-0.25, -0.2) is 0 Å². The standard InChI is InChI=1S/C34H23NS/c1-3-11-22(12-4-1)23-19-20-29-28(21-23)31-25-15-7-8-16-26(25)32-27-17-9-10-18-30(27)36-34(32)33(31)35(29)24-13-5-2-6-14-24/h1-18,21H,19-20H2. The van der Waals surface area contributed by atoms with Crippen LogP contribution in [0, 0.1) is 0 Å². The van der Waals surface area contributed by atoms with E-state index < -0.39 is 0 Å². The molecule has 0 aliphatic heterocycles. The Morgan fingerprint density at radius 2 is 1.22 bits per heavy atom. The van der Waals surface area contributed by atoms with Crippen molar-refractivity contribution >= 4 is 64.8 Å². The van der Waals surface area contributed by atoms with Crippen molar-refractivity contribution in [3.05, 3.63) is 126 Å². The molecule has 0 saturated carbocycles. The van der Waals surface area contributed by atoms with Crippen LogP contribution < -0.4 is 0 Å². The maximum absolute atomic E-state index is 2.56. The van der Waals surface area contributed by atoms with Gasteiger partial charge in [-0.15, -0.1) is 11.3 Å². The highest BCUT2D eigenvalue weighted by atomic mass is 32.1. The number of rotatable bonds is 2. The van der Waals surface area contributed by atoms with E-state index in [1.165, 1.54) is 69.9 Å². The van der Waals surface area contributed by atoms with E-state index in [0.717, 1.165) is 12.8 Å². The summed E-state index contributed by atoms with van der Waals surface area (Å²) in [5.41, 5.74) is 8.16. The van der Waals surface area contributed by atoms with Gasteiger partial charge >= 0.3 is 0 Å². The van der Waals surface area contributed by atoms with Gasteiger partial charge in [0.1, 0.15) is 0 Å². The van der Waals surface area contributed by atoms with Crippen molar-refractivity contribution in [1.82, 2.24) is 4.57 Å². The first-order valence-electron chi connectivity index (χ1n) is 12.6. The van der Waals surface area contributed by atoms with Gasteiger partial charge in [0, 0.05) is 37.8 Å². The monoisotopic (exact) mass is 477 g/mol. The van der Waals surface area contributed by atoms with Gasteiger partial charge in [0.2, 0.25) is 0 Å². The number of aromatic nitrogens is 1. The Bertz CT molecular complexity index is 1970. The predicted molar refractivity (Wildman–Crippen MR) is 156 cm³/mol. The van der Waals surface area contributed by atoms with E-state index in [4.69, 9.17) is 0 Å². The number of hydrogen-bond donors (Lipinski definition) is 0. The quantitative estimate of drug-likeness (QED) is 0.234. The van der Waals surface area contributed by atoms with Gasteiger partial charge in [-0.2, -0.15) is 0 Å². The van der Waals surface area contributed by atoms with Crippen LogP contribution in [0.2, 0.25) is 0 Å². The lowest BCUT2D eigenvalue weighted by atomic mass is 9.90. The molecule has 5 aromatic carbocycles. The summed E-state index contributed by atoms with van der Waals surface area (Å²) in [7, 11) is 0. The van der Waals surface area contributed by atoms with Crippen LogP contribution in [-0.4, -0.2) is 4.57 Å². The second-order valence-electron chi connectivity index (χ2n) is 9.64. The highest BCUT2D eigenvalue weighted by Crippen LogP contribution is 2.49. The van der Waals surface area contributed by atoms with Crippen LogP contribution in [0.15, 0.2) is 109 Å². The van der Waals surface area contributed by atoms with Crippen LogP contribution >= 0.6 is 11.3 Å². The maximum atomic E-state index is 2.56. The molecule has 2 aromatic heterocycles. The van der Waals surface area contributed by atoms with Crippen molar-refractivity contribution in [1.29, 1.82) is 0 Å². The topological polar surface area (TPSA) is 4.93 Å².